The number of thiazole rings is 1. The number of hydrazine groups is 1. The molecular weight excluding hydrogens is 332 g/mol. The number of aromatic nitrogens is 1. The Balaban J connectivity index is 1.83. The number of anilines is 1. The van der Waals surface area contributed by atoms with Gasteiger partial charge in [-0.2, -0.15) is 0 Å². The highest BCUT2D eigenvalue weighted by Crippen LogP contribution is 2.15. The first kappa shape index (κ1) is 17.4. The average molecular weight is 348 g/mol. The molecule has 0 radical (unpaired) electrons. The summed E-state index contributed by atoms with van der Waals surface area (Å²) in [5.41, 5.74) is 5.48. The van der Waals surface area contributed by atoms with E-state index >= 15 is 0 Å². The van der Waals surface area contributed by atoms with Gasteiger partial charge in [0.2, 0.25) is 11.8 Å². The number of hydrogen-bond acceptors (Lipinski definition) is 6. The Morgan fingerprint density at radius 3 is 2.50 bits per heavy atom. The van der Waals surface area contributed by atoms with E-state index in [9.17, 15) is 14.4 Å². The van der Waals surface area contributed by atoms with Crippen molar-refractivity contribution in [2.75, 3.05) is 12.4 Å². The molecule has 0 fully saturated rings. The molecule has 0 spiro atoms. The lowest BCUT2D eigenvalue weighted by molar-refractivity contribution is -0.121. The van der Waals surface area contributed by atoms with Gasteiger partial charge in [-0.1, -0.05) is 12.1 Å². The summed E-state index contributed by atoms with van der Waals surface area (Å²) in [5.74, 6) is -0.508. The lowest BCUT2D eigenvalue weighted by Gasteiger charge is -2.06. The molecule has 3 N–H and O–H groups in total. The quantitative estimate of drug-likeness (QED) is 0.701. The van der Waals surface area contributed by atoms with Crippen molar-refractivity contribution in [1.82, 2.24) is 15.8 Å². The molecule has 8 nitrogen and oxygen atoms in total. The van der Waals surface area contributed by atoms with Crippen LogP contribution in [0.15, 0.2) is 29.6 Å². The van der Waals surface area contributed by atoms with Crippen LogP contribution >= 0.6 is 11.3 Å². The number of nitrogens with zero attached hydrogens (tertiary/aromatic N) is 1. The van der Waals surface area contributed by atoms with Crippen LogP contribution in [0.3, 0.4) is 0 Å². The normalized spacial score (nSPS) is 9.92. The van der Waals surface area contributed by atoms with Crippen molar-refractivity contribution in [2.24, 2.45) is 0 Å². The molecule has 0 saturated heterocycles. The molecule has 0 saturated carbocycles. The molecule has 1 aromatic carbocycles. The lowest BCUT2D eigenvalue weighted by atomic mass is 10.1. The summed E-state index contributed by atoms with van der Waals surface area (Å²) in [4.78, 5) is 38.5. The third-order valence-electron chi connectivity index (χ3n) is 2.86. The van der Waals surface area contributed by atoms with E-state index in [1.807, 2.05) is 0 Å². The van der Waals surface area contributed by atoms with E-state index in [0.717, 1.165) is 16.9 Å². The van der Waals surface area contributed by atoms with Crippen LogP contribution in [0.1, 0.15) is 23.0 Å². The highest BCUT2D eigenvalue weighted by Gasteiger charge is 2.12. The fourth-order valence-corrected chi connectivity index (χ4v) is 2.49. The van der Waals surface area contributed by atoms with Crippen LogP contribution in [-0.4, -0.2) is 29.8 Å². The van der Waals surface area contributed by atoms with Crippen LogP contribution in [0.2, 0.25) is 0 Å². The van der Waals surface area contributed by atoms with Crippen molar-refractivity contribution >= 4 is 34.2 Å². The van der Waals surface area contributed by atoms with Crippen LogP contribution in [0.4, 0.5) is 5.13 Å². The van der Waals surface area contributed by atoms with Gasteiger partial charge in [-0.05, 0) is 17.7 Å². The van der Waals surface area contributed by atoms with E-state index in [1.165, 1.54) is 12.3 Å². The summed E-state index contributed by atoms with van der Waals surface area (Å²) in [7, 11) is 1.56. The number of methoxy groups -OCH3 is 1. The average Bonchev–Trinajstić information content (AvgIpc) is 3.01. The third-order valence-corrected chi connectivity index (χ3v) is 3.62. The topological polar surface area (TPSA) is 109 Å². The predicted molar refractivity (Wildman–Crippen MR) is 88.7 cm³/mol. The number of carbonyl (C=O) groups excluding carboxylic acids is 3. The third kappa shape index (κ3) is 5.06. The molecule has 2 rings (SSSR count). The van der Waals surface area contributed by atoms with Gasteiger partial charge in [0.1, 0.15) is 11.4 Å². The molecule has 0 aliphatic heterocycles. The Hall–Kier alpha value is -2.94. The zero-order valence-corrected chi connectivity index (χ0v) is 13.9. The number of nitrogens with one attached hydrogen (secondary N) is 3. The van der Waals surface area contributed by atoms with Crippen molar-refractivity contribution in [3.05, 3.63) is 40.9 Å². The predicted octanol–water partition coefficient (Wildman–Crippen LogP) is 1.11. The standard InChI is InChI=1S/C15H16N4O4S/c1-9(20)16-15-17-12(8-24-15)14(22)19-18-13(21)7-10-3-5-11(23-2)6-4-10/h3-6,8H,7H2,1-2H3,(H,18,21)(H,19,22)(H,16,17,20). The molecule has 0 unspecified atom stereocenters. The minimum atomic E-state index is -0.564. The van der Waals surface area contributed by atoms with Crippen LogP contribution in [0, 0.1) is 0 Å². The zero-order valence-electron chi connectivity index (χ0n) is 13.1. The summed E-state index contributed by atoms with van der Waals surface area (Å²) in [6, 6.07) is 7.03. The summed E-state index contributed by atoms with van der Waals surface area (Å²) in [6.45, 7) is 1.35. The molecule has 0 aliphatic carbocycles. The number of rotatable bonds is 5. The van der Waals surface area contributed by atoms with E-state index in [0.29, 0.717) is 10.9 Å². The summed E-state index contributed by atoms with van der Waals surface area (Å²) >= 11 is 1.12. The lowest BCUT2D eigenvalue weighted by Crippen LogP contribution is -2.42. The van der Waals surface area contributed by atoms with E-state index in [-0.39, 0.29) is 23.9 Å². The highest BCUT2D eigenvalue weighted by molar-refractivity contribution is 7.14. The molecule has 0 aliphatic rings. The first-order chi connectivity index (χ1) is 11.5. The molecular formula is C15H16N4O4S. The maximum atomic E-state index is 11.9. The van der Waals surface area contributed by atoms with Gasteiger partial charge < -0.3 is 10.1 Å². The van der Waals surface area contributed by atoms with Gasteiger partial charge in [0.25, 0.3) is 5.91 Å². The SMILES string of the molecule is COc1ccc(CC(=O)NNC(=O)c2csc(NC(C)=O)n2)cc1. The minimum Gasteiger partial charge on any atom is -0.497 e. The molecule has 0 atom stereocenters. The van der Waals surface area contributed by atoms with Crippen LogP contribution in [0.25, 0.3) is 0 Å². The van der Waals surface area contributed by atoms with Crippen molar-refractivity contribution in [3.63, 3.8) is 0 Å². The van der Waals surface area contributed by atoms with Gasteiger partial charge in [-0.25, -0.2) is 4.98 Å². The van der Waals surface area contributed by atoms with Gasteiger partial charge in [-0.3, -0.25) is 25.2 Å². The van der Waals surface area contributed by atoms with Gasteiger partial charge >= 0.3 is 0 Å². The molecule has 24 heavy (non-hydrogen) atoms. The molecule has 3 amide bonds. The highest BCUT2D eigenvalue weighted by atomic mass is 32.1. The number of ether oxygens (including phenoxy) is 1. The van der Waals surface area contributed by atoms with Gasteiger partial charge in [0.15, 0.2) is 5.13 Å². The summed E-state index contributed by atoms with van der Waals surface area (Å²) in [5, 5.41) is 4.28. The number of benzene rings is 1. The number of hydrogen-bond donors (Lipinski definition) is 3. The van der Waals surface area contributed by atoms with Crippen LogP contribution in [0.5, 0.6) is 5.75 Å². The van der Waals surface area contributed by atoms with Crippen molar-refractivity contribution < 1.29 is 19.1 Å². The van der Waals surface area contributed by atoms with Gasteiger partial charge in [0, 0.05) is 12.3 Å². The second kappa shape index (κ2) is 8.06. The molecule has 0 bridgehead atoms. The summed E-state index contributed by atoms with van der Waals surface area (Å²) < 4.78 is 5.04. The Morgan fingerprint density at radius 1 is 1.17 bits per heavy atom. The fraction of sp³-hybridized carbons (Fsp3) is 0.200. The molecule has 126 valence electrons. The van der Waals surface area contributed by atoms with Crippen LogP contribution in [-0.2, 0) is 16.0 Å². The van der Waals surface area contributed by atoms with E-state index in [4.69, 9.17) is 4.74 Å². The van der Waals surface area contributed by atoms with Crippen molar-refractivity contribution in [2.45, 2.75) is 13.3 Å². The minimum absolute atomic E-state index is 0.105. The number of carbonyl (C=O) groups is 3. The Labute approximate surface area is 142 Å². The van der Waals surface area contributed by atoms with E-state index < -0.39 is 5.91 Å². The first-order valence-electron chi connectivity index (χ1n) is 6.93. The molecule has 1 aromatic heterocycles. The fourth-order valence-electron chi connectivity index (χ4n) is 1.75. The molecule has 9 heteroatoms. The van der Waals surface area contributed by atoms with E-state index in [2.05, 4.69) is 21.2 Å². The Bertz CT molecular complexity index is 742. The maximum Gasteiger partial charge on any atom is 0.289 e. The van der Waals surface area contributed by atoms with Gasteiger partial charge in [-0.15, -0.1) is 11.3 Å². The Kier molecular flexibility index (Phi) is 5.85. The zero-order chi connectivity index (χ0) is 17.5. The largest absolute Gasteiger partial charge is 0.497 e. The first-order valence-corrected chi connectivity index (χ1v) is 7.81. The molecule has 1 heterocycles. The second-order valence-corrected chi connectivity index (χ2v) is 5.60. The Morgan fingerprint density at radius 2 is 1.88 bits per heavy atom. The summed E-state index contributed by atoms with van der Waals surface area (Å²) in [6.07, 6.45) is 0.110. The van der Waals surface area contributed by atoms with Gasteiger partial charge in [0.05, 0.1) is 13.5 Å². The van der Waals surface area contributed by atoms with Crippen molar-refractivity contribution in [1.29, 1.82) is 0 Å². The molecule has 2 aromatic rings. The monoisotopic (exact) mass is 348 g/mol. The second-order valence-electron chi connectivity index (χ2n) is 4.75. The van der Waals surface area contributed by atoms with Crippen molar-refractivity contribution in [3.8, 4) is 5.75 Å². The maximum absolute atomic E-state index is 11.9. The van der Waals surface area contributed by atoms with E-state index in [1.54, 1.807) is 31.4 Å². The number of amides is 3. The van der Waals surface area contributed by atoms with Crippen LogP contribution < -0.4 is 20.9 Å². The smallest absolute Gasteiger partial charge is 0.289 e.